The molecule has 0 fully saturated rings. The summed E-state index contributed by atoms with van der Waals surface area (Å²) in [6, 6.07) is 11.1. The highest BCUT2D eigenvalue weighted by atomic mass is 32.2. The number of anilines is 1. The highest BCUT2D eigenvalue weighted by Gasteiger charge is 2.41. The predicted molar refractivity (Wildman–Crippen MR) is 98.2 cm³/mol. The Morgan fingerprint density at radius 2 is 1.93 bits per heavy atom. The highest BCUT2D eigenvalue weighted by molar-refractivity contribution is 7.86. The molecule has 0 bridgehead atoms. The quantitative estimate of drug-likeness (QED) is 0.138. The zero-order valence-corrected chi connectivity index (χ0v) is 15.3. The van der Waals surface area contributed by atoms with Crippen LogP contribution in [-0.4, -0.2) is 18.4 Å². The minimum Gasteiger partial charge on any atom is -0.296 e. The molecule has 2 aromatic carbocycles. The van der Waals surface area contributed by atoms with E-state index in [9.17, 15) is 22.2 Å². The van der Waals surface area contributed by atoms with Gasteiger partial charge in [-0.1, -0.05) is 28.5 Å². The van der Waals surface area contributed by atoms with Gasteiger partial charge in [0.05, 0.1) is 17.8 Å². The number of hydrogen-bond acceptors (Lipinski definition) is 3. The van der Waals surface area contributed by atoms with Crippen LogP contribution in [0.3, 0.4) is 0 Å². The van der Waals surface area contributed by atoms with Crippen molar-refractivity contribution < 1.29 is 27.3 Å². The van der Waals surface area contributed by atoms with Gasteiger partial charge in [0.25, 0.3) is 5.91 Å². The van der Waals surface area contributed by atoms with Gasteiger partial charge in [-0.15, -0.1) is 0 Å². The number of halogens is 3. The number of nitrogens with one attached hydrogen (secondary N) is 2. The molecule has 0 radical (unpaired) electrons. The molecule has 0 saturated heterocycles. The number of fused-ring (bicyclic) bond motifs is 1. The molecule has 1 heterocycles. The first-order valence-corrected chi connectivity index (χ1v) is 9.34. The number of hydrazone groups is 1. The molecule has 2 aromatic rings. The smallest absolute Gasteiger partial charge is 0.296 e. The number of carbonyl (C=O) groups excluding carboxylic acids is 1. The Bertz CT molecular complexity index is 964. The van der Waals surface area contributed by atoms with E-state index in [1.54, 1.807) is 24.3 Å². The van der Waals surface area contributed by atoms with Crippen LogP contribution in [0.1, 0.15) is 17.0 Å². The molecule has 0 aliphatic carbocycles. The number of hydrazine groups is 1. The van der Waals surface area contributed by atoms with E-state index in [2.05, 4.69) is 10.4 Å². The van der Waals surface area contributed by atoms with Crippen molar-refractivity contribution in [2.75, 3.05) is 10.8 Å². The van der Waals surface area contributed by atoms with Crippen LogP contribution in [0.4, 0.5) is 18.9 Å². The van der Waals surface area contributed by atoms with Crippen molar-refractivity contribution in [3.05, 3.63) is 59.7 Å². The summed E-state index contributed by atoms with van der Waals surface area (Å²) in [5, 5.41) is 4.50. The number of alkyl halides is 3. The molecule has 0 saturated carbocycles. The van der Waals surface area contributed by atoms with Crippen molar-refractivity contribution in [1.29, 1.82) is 0 Å². The third-order valence-electron chi connectivity index (χ3n) is 4.29. The van der Waals surface area contributed by atoms with E-state index >= 15 is 0 Å². The highest BCUT2D eigenvalue weighted by Crippen LogP contribution is 2.39. The number of nitrogens with zero attached hydrogens (tertiary/aromatic N) is 1. The predicted octanol–water partition coefficient (Wildman–Crippen LogP) is -0.336. The van der Waals surface area contributed by atoms with Crippen LogP contribution in [0.2, 0.25) is 0 Å². The van der Waals surface area contributed by atoms with E-state index < -0.39 is 34.6 Å². The van der Waals surface area contributed by atoms with Crippen LogP contribution < -0.4 is 26.3 Å². The number of rotatable bonds is 3. The molecule has 0 aromatic heterocycles. The summed E-state index contributed by atoms with van der Waals surface area (Å²) in [6.45, 7) is 0.0223. The summed E-state index contributed by atoms with van der Waals surface area (Å²) in [6.07, 6.45) is -4.54. The van der Waals surface area contributed by atoms with Crippen LogP contribution >= 0.6 is 0 Å². The van der Waals surface area contributed by atoms with Gasteiger partial charge >= 0.3 is 12.1 Å². The fraction of sp³-hybridized carbons (Fsp3) is 0.176. The molecule has 1 amide bonds. The Balaban J connectivity index is 1.93. The number of hydrogen-bond donors (Lipinski definition) is 4. The van der Waals surface area contributed by atoms with Gasteiger partial charge in [0.1, 0.15) is 5.92 Å². The monoisotopic (exact) mass is 413 g/mol. The van der Waals surface area contributed by atoms with Crippen LogP contribution in [-0.2, 0) is 26.2 Å². The fourth-order valence-corrected chi connectivity index (χ4v) is 4.41. The van der Waals surface area contributed by atoms with Gasteiger partial charge in [-0.2, -0.15) is 22.6 Å². The normalized spacial score (nSPS) is 17.9. The van der Waals surface area contributed by atoms with Crippen molar-refractivity contribution in [3.8, 4) is 0 Å². The second-order valence-electron chi connectivity index (χ2n) is 6.06. The second kappa shape index (κ2) is 7.50. The Morgan fingerprint density at radius 3 is 2.61 bits per heavy atom. The van der Waals surface area contributed by atoms with Crippen LogP contribution in [0.25, 0.3) is 0 Å². The SMILES string of the molecule is N/[NH+]=C(\N)NC(=O)C1CN([SH+](=O)c2cccc(C(F)(F)F)c2)c2ccccc21. The summed E-state index contributed by atoms with van der Waals surface area (Å²) in [5.41, 5.74) is 5.70. The van der Waals surface area contributed by atoms with Gasteiger partial charge in [-0.25, -0.2) is 5.32 Å². The lowest BCUT2D eigenvalue weighted by Gasteiger charge is -2.13. The number of nitrogens with two attached hydrogens (primary N) is 2. The van der Waals surface area contributed by atoms with Gasteiger partial charge in [0.15, 0.2) is 15.9 Å². The summed E-state index contributed by atoms with van der Waals surface area (Å²) in [7, 11) is -2.38. The van der Waals surface area contributed by atoms with E-state index in [-0.39, 0.29) is 17.4 Å². The van der Waals surface area contributed by atoms with Crippen molar-refractivity contribution in [2.24, 2.45) is 11.6 Å². The van der Waals surface area contributed by atoms with Gasteiger partial charge in [0, 0.05) is 6.07 Å². The van der Waals surface area contributed by atoms with Gasteiger partial charge < -0.3 is 0 Å². The van der Waals surface area contributed by atoms with Gasteiger partial charge in [-0.3, -0.25) is 16.4 Å². The lowest BCUT2D eigenvalue weighted by molar-refractivity contribution is -0.472. The third kappa shape index (κ3) is 3.79. The molecule has 6 N–H and O–H groups in total. The number of guanidine groups is 1. The molecule has 1 aliphatic heterocycles. The Morgan fingerprint density at radius 1 is 1.21 bits per heavy atom. The average Bonchev–Trinajstić information content (AvgIpc) is 3.06. The molecule has 2 unspecified atom stereocenters. The topological polar surface area (TPSA) is 115 Å². The number of carbonyl (C=O) groups is 1. The molecule has 7 nitrogen and oxygen atoms in total. The lowest BCUT2D eigenvalue weighted by Crippen LogP contribution is -2.85. The van der Waals surface area contributed by atoms with E-state index in [0.29, 0.717) is 11.3 Å². The molecule has 0 spiro atoms. The number of amides is 1. The summed E-state index contributed by atoms with van der Waals surface area (Å²) < 4.78 is 53.4. The zero-order valence-electron chi connectivity index (χ0n) is 14.4. The van der Waals surface area contributed by atoms with Crippen LogP contribution in [0, 0.1) is 0 Å². The molecular formula is C17H18F3N5O2S+2. The maximum Gasteiger partial charge on any atom is 0.416 e. The van der Waals surface area contributed by atoms with Crippen molar-refractivity contribution in [3.63, 3.8) is 0 Å². The molecule has 148 valence electrons. The number of benzene rings is 2. The minimum absolute atomic E-state index is 0.0223. The lowest BCUT2D eigenvalue weighted by atomic mass is 10.0. The minimum atomic E-state index is -4.54. The van der Waals surface area contributed by atoms with Crippen molar-refractivity contribution in [2.45, 2.75) is 17.0 Å². The van der Waals surface area contributed by atoms with Crippen molar-refractivity contribution >= 4 is 28.5 Å². The Hall–Kier alpha value is -3.08. The van der Waals surface area contributed by atoms with E-state index in [4.69, 9.17) is 11.6 Å². The fourth-order valence-electron chi connectivity index (χ4n) is 2.98. The van der Waals surface area contributed by atoms with Crippen LogP contribution in [0.5, 0.6) is 0 Å². The van der Waals surface area contributed by atoms with E-state index in [1.807, 2.05) is 0 Å². The third-order valence-corrected chi connectivity index (χ3v) is 5.83. The Kier molecular flexibility index (Phi) is 5.27. The first kappa shape index (κ1) is 19.7. The first-order valence-electron chi connectivity index (χ1n) is 8.13. The molecule has 11 heteroatoms. The standard InChI is InChI=1S/C17H16F3N5O2S/c18-17(19,20)10-4-3-5-11(8-10)28(27)25-9-13(15(26)23-16(21)24-22)12-6-1-2-7-14(12)25/h1-8,13H,9,22H2,(H3,21,23,24,26)/p+2. The average molecular weight is 413 g/mol. The largest absolute Gasteiger partial charge is 0.416 e. The van der Waals surface area contributed by atoms with Crippen molar-refractivity contribution in [1.82, 2.24) is 5.32 Å². The van der Waals surface area contributed by atoms with E-state index in [0.717, 1.165) is 12.1 Å². The molecule has 28 heavy (non-hydrogen) atoms. The zero-order chi connectivity index (χ0) is 20.5. The summed E-state index contributed by atoms with van der Waals surface area (Å²) in [4.78, 5) is 12.5. The Labute approximate surface area is 160 Å². The first-order chi connectivity index (χ1) is 13.2. The maximum atomic E-state index is 13.0. The van der Waals surface area contributed by atoms with Gasteiger partial charge in [-0.05, 0) is 23.8 Å². The summed E-state index contributed by atoms with van der Waals surface area (Å²) in [5.74, 6) is 3.80. The number of thiol groups is 1. The van der Waals surface area contributed by atoms with Crippen LogP contribution in [0.15, 0.2) is 53.4 Å². The van der Waals surface area contributed by atoms with Gasteiger partial charge in [0.2, 0.25) is 0 Å². The molecule has 3 rings (SSSR count). The maximum absolute atomic E-state index is 13.0. The molecular weight excluding hydrogens is 395 g/mol. The molecule has 2 atom stereocenters. The second-order valence-corrected chi connectivity index (χ2v) is 7.61. The molecule has 1 aliphatic rings. The van der Waals surface area contributed by atoms with E-state index in [1.165, 1.54) is 16.4 Å². The summed E-state index contributed by atoms with van der Waals surface area (Å²) >= 11 is 0. The number of para-hydroxylation sites is 1.